The molecule has 0 spiro atoms. The Morgan fingerprint density at radius 2 is 1.88 bits per heavy atom. The number of hydrogen-bond acceptors (Lipinski definition) is 6. The van der Waals surface area contributed by atoms with E-state index in [1.165, 1.54) is 0 Å². The molecule has 2 aromatic rings. The highest BCUT2D eigenvalue weighted by Crippen LogP contribution is 2.34. The van der Waals surface area contributed by atoms with E-state index >= 15 is 0 Å². The normalized spacial score (nSPS) is 12.4. The van der Waals surface area contributed by atoms with Crippen LogP contribution in [0.5, 0.6) is 0 Å². The Morgan fingerprint density at radius 3 is 2.42 bits per heavy atom. The quantitative estimate of drug-likeness (QED) is 0.348. The highest BCUT2D eigenvalue weighted by atomic mass is 35.5. The first-order valence-electron chi connectivity index (χ1n) is 9.22. The molecule has 1 atom stereocenters. The van der Waals surface area contributed by atoms with Gasteiger partial charge in [-0.2, -0.15) is 13.2 Å². The number of esters is 1. The minimum atomic E-state index is -4.98. The van der Waals surface area contributed by atoms with E-state index in [4.69, 9.17) is 11.6 Å². The first-order valence-corrected chi connectivity index (χ1v) is 10.5. The Bertz CT molecular complexity index is 1200. The highest BCUT2D eigenvalue weighted by Gasteiger charge is 2.35. The lowest BCUT2D eigenvalue weighted by atomic mass is 10.3. The number of carbonyl (C=O) groups is 2. The van der Waals surface area contributed by atoms with Crippen molar-refractivity contribution in [1.29, 1.82) is 0 Å². The number of ether oxygens (including phenoxy) is 1. The summed E-state index contributed by atoms with van der Waals surface area (Å²) < 4.78 is 58.9. The largest absolute Gasteiger partial charge is 0.468 e. The third-order valence-corrected chi connectivity index (χ3v) is 6.05. The number of amides is 1. The van der Waals surface area contributed by atoms with Crippen molar-refractivity contribution in [3.63, 3.8) is 0 Å². The van der Waals surface area contributed by atoms with Gasteiger partial charge in [-0.3, -0.25) is 19.0 Å². The lowest BCUT2D eigenvalue weighted by molar-refractivity contribution is -0.144. The number of benzene rings is 1. The number of aromatic nitrogens is 2. The zero-order chi connectivity index (χ0) is 25.1. The zero-order valence-corrected chi connectivity index (χ0v) is 19.0. The van der Waals surface area contributed by atoms with Crippen molar-refractivity contribution in [3.8, 4) is 5.69 Å². The second-order valence-electron chi connectivity index (χ2n) is 6.56. The molecule has 33 heavy (non-hydrogen) atoms. The Hall–Kier alpha value is -2.80. The van der Waals surface area contributed by atoms with Crippen molar-refractivity contribution in [2.75, 3.05) is 13.7 Å². The van der Waals surface area contributed by atoms with E-state index in [-0.39, 0.29) is 44.0 Å². The molecule has 0 aliphatic carbocycles. The van der Waals surface area contributed by atoms with Crippen LogP contribution in [0.2, 0.25) is 5.02 Å². The van der Waals surface area contributed by atoms with Crippen molar-refractivity contribution < 1.29 is 31.9 Å². The molecule has 14 heteroatoms. The number of nitrogens with zero attached hydrogens (tertiary/aromatic N) is 2. The average Bonchev–Trinajstić information content (AvgIpc) is 2.74. The van der Waals surface area contributed by atoms with E-state index in [1.54, 1.807) is 6.92 Å². The van der Waals surface area contributed by atoms with Crippen LogP contribution in [0.1, 0.15) is 19.0 Å². The molecule has 1 heterocycles. The number of carbonyl (C=O) groups excluding carboxylic acids is 2. The fourth-order valence-electron chi connectivity index (χ4n) is 2.69. The molecule has 8 nitrogen and oxygen atoms in total. The predicted octanol–water partition coefficient (Wildman–Crippen LogP) is 2.51. The van der Waals surface area contributed by atoms with Gasteiger partial charge in [0.05, 0.1) is 17.8 Å². The van der Waals surface area contributed by atoms with E-state index in [1.807, 2.05) is 0 Å². The van der Waals surface area contributed by atoms with Gasteiger partial charge in [-0.25, -0.2) is 13.8 Å². The first-order chi connectivity index (χ1) is 15.3. The highest BCUT2D eigenvalue weighted by molar-refractivity contribution is 8.00. The van der Waals surface area contributed by atoms with Crippen LogP contribution in [-0.4, -0.2) is 39.9 Å². The van der Waals surface area contributed by atoms with Crippen LogP contribution in [0.4, 0.5) is 17.6 Å². The number of nitrogens with one attached hydrogen (secondary N) is 1. The molecule has 2 rings (SSSR count). The van der Waals surface area contributed by atoms with Gasteiger partial charge in [0.15, 0.2) is 0 Å². The molecule has 1 unspecified atom stereocenters. The lowest BCUT2D eigenvalue weighted by Gasteiger charge is -2.18. The summed E-state index contributed by atoms with van der Waals surface area (Å²) >= 11 is 6.80. The van der Waals surface area contributed by atoms with Crippen molar-refractivity contribution in [3.05, 3.63) is 55.6 Å². The molecule has 0 saturated heterocycles. The van der Waals surface area contributed by atoms with Crippen molar-refractivity contribution in [1.82, 2.24) is 14.5 Å². The van der Waals surface area contributed by atoms with Crippen molar-refractivity contribution in [2.45, 2.75) is 29.7 Å². The molecule has 1 amide bonds. The average molecular weight is 512 g/mol. The molecule has 180 valence electrons. The molecule has 1 aromatic carbocycles. The molecule has 0 aliphatic rings. The van der Waals surface area contributed by atoms with E-state index in [0.29, 0.717) is 0 Å². The molecule has 1 aromatic heterocycles. The molecule has 0 fully saturated rings. The predicted molar refractivity (Wildman–Crippen MR) is 112 cm³/mol. The van der Waals surface area contributed by atoms with Crippen molar-refractivity contribution in [2.24, 2.45) is 7.05 Å². The van der Waals surface area contributed by atoms with Crippen LogP contribution in [-0.2, 0) is 27.5 Å². The van der Waals surface area contributed by atoms with Crippen molar-refractivity contribution >= 4 is 35.2 Å². The van der Waals surface area contributed by atoms with Gasteiger partial charge in [0.25, 0.3) is 5.56 Å². The van der Waals surface area contributed by atoms with Gasteiger partial charge in [-0.1, -0.05) is 18.5 Å². The number of rotatable bonds is 7. The van der Waals surface area contributed by atoms with E-state index in [2.05, 4.69) is 10.1 Å². The second-order valence-corrected chi connectivity index (χ2v) is 8.22. The maximum absolute atomic E-state index is 14.6. The summed E-state index contributed by atoms with van der Waals surface area (Å²) in [7, 11) is 1.90. The molecular weight excluding hydrogens is 494 g/mol. The van der Waals surface area contributed by atoms with E-state index in [0.717, 1.165) is 38.1 Å². The first kappa shape index (κ1) is 26.5. The van der Waals surface area contributed by atoms with Crippen LogP contribution in [0.3, 0.4) is 0 Å². The summed E-state index contributed by atoms with van der Waals surface area (Å²) in [5, 5.41) is 1.26. The minimum absolute atomic E-state index is 0.0167. The van der Waals surface area contributed by atoms with Gasteiger partial charge in [0, 0.05) is 31.0 Å². The van der Waals surface area contributed by atoms with Gasteiger partial charge >= 0.3 is 17.8 Å². The SMILES string of the molecule is CCC(=O)NCC(Sc1cc(-n2c(=O)cc(C(F)(F)F)n(C)c2=O)c(F)cc1Cl)C(=O)OC. The number of hydrogen-bond donors (Lipinski definition) is 1. The molecule has 0 saturated carbocycles. The lowest BCUT2D eigenvalue weighted by Crippen LogP contribution is -2.41. The third-order valence-electron chi connectivity index (χ3n) is 4.39. The van der Waals surface area contributed by atoms with E-state index in [9.17, 15) is 36.7 Å². The second kappa shape index (κ2) is 10.4. The molecular formula is C19H18ClF4N3O5S. The fourth-order valence-corrected chi connectivity index (χ4v) is 3.99. The van der Waals surface area contributed by atoms with Crippen LogP contribution < -0.4 is 16.6 Å². The minimum Gasteiger partial charge on any atom is -0.468 e. The van der Waals surface area contributed by atoms with Gasteiger partial charge < -0.3 is 10.1 Å². The molecule has 0 bridgehead atoms. The number of methoxy groups -OCH3 is 1. The Kier molecular flexibility index (Phi) is 8.36. The zero-order valence-electron chi connectivity index (χ0n) is 17.5. The van der Waals surface area contributed by atoms with Crippen LogP contribution >= 0.6 is 23.4 Å². The summed E-state index contributed by atoms with van der Waals surface area (Å²) in [5.74, 6) is -2.26. The third kappa shape index (κ3) is 5.96. The van der Waals surface area contributed by atoms with Gasteiger partial charge in [0.1, 0.15) is 16.8 Å². The fraction of sp³-hybridized carbons (Fsp3) is 0.368. The summed E-state index contributed by atoms with van der Waals surface area (Å²) in [6, 6.07) is 1.87. The number of halogens is 5. The topological polar surface area (TPSA) is 99.4 Å². The maximum Gasteiger partial charge on any atom is 0.431 e. The van der Waals surface area contributed by atoms with Crippen LogP contribution in [0.25, 0.3) is 5.69 Å². The summed E-state index contributed by atoms with van der Waals surface area (Å²) in [6.45, 7) is 1.43. The summed E-state index contributed by atoms with van der Waals surface area (Å²) in [5.41, 5.74) is -5.02. The Morgan fingerprint density at radius 1 is 1.24 bits per heavy atom. The summed E-state index contributed by atoms with van der Waals surface area (Å²) in [4.78, 5) is 48.5. The van der Waals surface area contributed by atoms with Crippen LogP contribution in [0.15, 0.2) is 32.7 Å². The van der Waals surface area contributed by atoms with E-state index < -0.39 is 45.8 Å². The standard InChI is InChI=1S/C19H18ClF4N3O5S/c1-4-15(28)25-8-13(17(30)32-3)33-12-6-11(10(21)5-9(12)20)27-16(29)7-14(19(22,23)24)26(2)18(27)31/h5-7,13H,4,8H2,1-3H3,(H,25,28). The van der Waals surface area contributed by atoms with Gasteiger partial charge in [-0.15, -0.1) is 11.8 Å². The van der Waals surface area contributed by atoms with Gasteiger partial charge in [-0.05, 0) is 12.1 Å². The summed E-state index contributed by atoms with van der Waals surface area (Å²) in [6.07, 6.45) is -4.83. The monoisotopic (exact) mass is 511 g/mol. The molecule has 0 aliphatic heterocycles. The molecule has 0 radical (unpaired) electrons. The van der Waals surface area contributed by atoms with Gasteiger partial charge in [0.2, 0.25) is 5.91 Å². The Labute approximate surface area is 193 Å². The number of alkyl halides is 3. The smallest absolute Gasteiger partial charge is 0.431 e. The maximum atomic E-state index is 14.6. The Balaban J connectivity index is 2.58. The molecule has 1 N–H and O–H groups in total. The van der Waals surface area contributed by atoms with Crippen LogP contribution in [0, 0.1) is 5.82 Å². The number of thioether (sulfide) groups is 1.